The molecule has 0 N–H and O–H groups in total. The minimum Gasteiger partial charge on any atom is -0.444 e. The molecular weight excluding hydrogens is 480 g/mol. The molecule has 0 spiro atoms. The van der Waals surface area contributed by atoms with E-state index in [0.717, 1.165) is 22.8 Å². The van der Waals surface area contributed by atoms with Crippen molar-refractivity contribution in [3.05, 3.63) is 84.0 Å². The number of hydrogen-bond acceptors (Lipinski definition) is 4. The number of piperidine rings is 1. The van der Waals surface area contributed by atoms with Crippen LogP contribution in [0.25, 0.3) is 10.8 Å². The normalized spacial score (nSPS) is 13.7. The first-order valence-electron chi connectivity index (χ1n) is 11.2. The molecule has 0 atom stereocenters. The number of anilines is 2. The van der Waals surface area contributed by atoms with Crippen molar-refractivity contribution in [2.75, 3.05) is 28.9 Å². The van der Waals surface area contributed by atoms with Crippen molar-refractivity contribution in [3.8, 4) is 0 Å². The molecule has 184 valence electrons. The van der Waals surface area contributed by atoms with Crippen LogP contribution in [0.15, 0.2) is 55.1 Å². The number of amides is 1. The van der Waals surface area contributed by atoms with E-state index in [-0.39, 0.29) is 25.4 Å². The van der Waals surface area contributed by atoms with Gasteiger partial charge in [-0.3, -0.25) is 0 Å². The van der Waals surface area contributed by atoms with Gasteiger partial charge in [0, 0.05) is 18.8 Å². The van der Waals surface area contributed by atoms with E-state index in [4.69, 9.17) is 4.74 Å². The summed E-state index contributed by atoms with van der Waals surface area (Å²) in [4.78, 5) is 14.0. The van der Waals surface area contributed by atoms with Crippen LogP contribution in [0.2, 0.25) is 0 Å². The summed E-state index contributed by atoms with van der Waals surface area (Å²) in [5.74, 6) is -6.28. The fourth-order valence-corrected chi connectivity index (χ4v) is 5.10. The van der Waals surface area contributed by atoms with E-state index in [1.807, 2.05) is 36.4 Å². The van der Waals surface area contributed by atoms with Crippen molar-refractivity contribution in [2.45, 2.75) is 25.0 Å². The van der Waals surface area contributed by atoms with Crippen molar-refractivity contribution >= 4 is 40.2 Å². The molecular formula is C26H24F4N2O2S. The third kappa shape index (κ3) is 5.10. The summed E-state index contributed by atoms with van der Waals surface area (Å²) in [5, 5.41) is 1.81. The van der Waals surface area contributed by atoms with Crippen LogP contribution in [0.5, 0.6) is 0 Å². The summed E-state index contributed by atoms with van der Waals surface area (Å²) in [6.07, 6.45) is 2.29. The molecule has 1 fully saturated rings. The van der Waals surface area contributed by atoms with Crippen molar-refractivity contribution in [3.63, 3.8) is 0 Å². The van der Waals surface area contributed by atoms with E-state index in [9.17, 15) is 4.79 Å². The first-order valence-corrected chi connectivity index (χ1v) is 12.2. The van der Waals surface area contributed by atoms with Gasteiger partial charge >= 0.3 is 6.09 Å². The molecule has 1 aliphatic heterocycles. The number of halogens is 4. The first kappa shape index (κ1) is 24.9. The molecule has 9 heteroatoms. The summed E-state index contributed by atoms with van der Waals surface area (Å²) in [6.45, 7) is 3.77. The Balaban J connectivity index is 1.73. The molecule has 1 aliphatic rings. The van der Waals surface area contributed by atoms with Crippen LogP contribution in [-0.2, 0) is 10.5 Å². The Hall–Kier alpha value is -3.20. The largest absolute Gasteiger partial charge is 0.444 e. The van der Waals surface area contributed by atoms with E-state index >= 15 is 17.6 Å². The van der Waals surface area contributed by atoms with Crippen LogP contribution < -0.4 is 9.21 Å². The summed E-state index contributed by atoms with van der Waals surface area (Å²) in [7, 11) is 0. The number of benzene rings is 3. The Morgan fingerprint density at radius 2 is 1.63 bits per heavy atom. The number of hydrogen-bond donors (Lipinski definition) is 0. The predicted octanol–water partition coefficient (Wildman–Crippen LogP) is 7.36. The van der Waals surface area contributed by atoms with Crippen LogP contribution in [0, 0.1) is 23.3 Å². The fraction of sp³-hybridized carbons (Fsp3) is 0.269. The highest BCUT2D eigenvalue weighted by atomic mass is 32.2. The Morgan fingerprint density at radius 3 is 2.31 bits per heavy atom. The number of carbonyl (C=O) groups is 1. The number of rotatable bonds is 7. The third-order valence-corrected chi connectivity index (χ3v) is 6.84. The second kappa shape index (κ2) is 11.0. The molecule has 4 nitrogen and oxygen atoms in total. The van der Waals surface area contributed by atoms with Gasteiger partial charge in [-0.1, -0.05) is 55.1 Å². The van der Waals surface area contributed by atoms with Crippen LogP contribution in [0.4, 0.5) is 33.7 Å². The van der Waals surface area contributed by atoms with E-state index < -0.39 is 40.7 Å². The molecule has 0 aliphatic carbocycles. The SMILES string of the molecule is C=CCOC(=O)N(SCc1cccc2ccccc12)c1c(F)c(F)c(N2CCCCC2)c(F)c1F. The number of nitrogens with zero attached hydrogens (tertiary/aromatic N) is 2. The Labute approximate surface area is 205 Å². The van der Waals surface area contributed by atoms with Gasteiger partial charge in [-0.15, -0.1) is 0 Å². The molecule has 3 aromatic carbocycles. The molecule has 3 aromatic rings. The fourth-order valence-electron chi connectivity index (χ4n) is 4.13. The Kier molecular flexibility index (Phi) is 7.85. The number of ether oxygens (including phenoxy) is 1. The lowest BCUT2D eigenvalue weighted by Crippen LogP contribution is -2.33. The number of fused-ring (bicyclic) bond motifs is 1. The van der Waals surface area contributed by atoms with Gasteiger partial charge in [0.2, 0.25) is 0 Å². The monoisotopic (exact) mass is 504 g/mol. The molecule has 0 radical (unpaired) electrons. The lowest BCUT2D eigenvalue weighted by molar-refractivity contribution is 0.170. The van der Waals surface area contributed by atoms with Crippen LogP contribution in [-0.4, -0.2) is 25.8 Å². The predicted molar refractivity (Wildman–Crippen MR) is 132 cm³/mol. The van der Waals surface area contributed by atoms with E-state index in [2.05, 4.69) is 6.58 Å². The molecule has 1 amide bonds. The quantitative estimate of drug-likeness (QED) is 0.146. The maximum atomic E-state index is 15.3. The van der Waals surface area contributed by atoms with Crippen molar-refractivity contribution < 1.29 is 27.1 Å². The molecule has 0 aromatic heterocycles. The Bertz CT molecular complexity index is 1210. The van der Waals surface area contributed by atoms with Gasteiger partial charge in [-0.2, -0.15) is 0 Å². The molecule has 1 heterocycles. The van der Waals surface area contributed by atoms with Crippen LogP contribution >= 0.6 is 11.9 Å². The summed E-state index contributed by atoms with van der Waals surface area (Å²) in [5.41, 5.74) is -1.12. The second-order valence-corrected chi connectivity index (χ2v) is 8.98. The summed E-state index contributed by atoms with van der Waals surface area (Å²) in [6, 6.07) is 13.0. The maximum Gasteiger partial charge on any atom is 0.425 e. The topological polar surface area (TPSA) is 32.8 Å². The third-order valence-electron chi connectivity index (χ3n) is 5.81. The van der Waals surface area contributed by atoms with Crippen molar-refractivity contribution in [1.29, 1.82) is 0 Å². The zero-order chi connectivity index (χ0) is 24.9. The molecule has 1 saturated heterocycles. The highest BCUT2D eigenvalue weighted by Crippen LogP contribution is 2.40. The first-order chi connectivity index (χ1) is 16.9. The Morgan fingerprint density at radius 1 is 0.971 bits per heavy atom. The molecule has 4 rings (SSSR count). The van der Waals surface area contributed by atoms with Crippen molar-refractivity contribution in [1.82, 2.24) is 0 Å². The standard InChI is InChI=1S/C26H24F4N2O2S/c1-2-15-34-26(33)32(35-16-18-11-8-10-17-9-4-5-12-19(17)18)25-22(29)20(27)24(21(28)23(25)30)31-13-6-3-7-14-31/h2,4-5,8-12H,1,3,6-7,13-16H2. The molecule has 0 saturated carbocycles. The van der Waals surface area contributed by atoms with Crippen molar-refractivity contribution in [2.24, 2.45) is 0 Å². The van der Waals surface area contributed by atoms with Gasteiger partial charge < -0.3 is 9.64 Å². The average molecular weight is 505 g/mol. The van der Waals surface area contributed by atoms with Gasteiger partial charge in [0.05, 0.1) is 0 Å². The summed E-state index contributed by atoms with van der Waals surface area (Å²) >= 11 is 0.686. The average Bonchev–Trinajstić information content (AvgIpc) is 2.88. The maximum absolute atomic E-state index is 15.3. The molecule has 0 unspecified atom stereocenters. The van der Waals surface area contributed by atoms with E-state index in [0.29, 0.717) is 29.1 Å². The summed E-state index contributed by atoms with van der Waals surface area (Å²) < 4.78 is 66.3. The molecule has 0 bridgehead atoms. The highest BCUT2D eigenvalue weighted by molar-refractivity contribution is 8.00. The van der Waals surface area contributed by atoms with E-state index in [1.165, 1.54) is 11.0 Å². The molecule has 35 heavy (non-hydrogen) atoms. The number of carbonyl (C=O) groups excluding carboxylic acids is 1. The van der Waals surface area contributed by atoms with Gasteiger partial charge in [0.25, 0.3) is 0 Å². The lowest BCUT2D eigenvalue weighted by Gasteiger charge is -2.30. The van der Waals surface area contributed by atoms with Gasteiger partial charge in [0.15, 0.2) is 23.3 Å². The minimum atomic E-state index is -1.65. The van der Waals surface area contributed by atoms with E-state index in [1.54, 1.807) is 6.07 Å². The van der Waals surface area contributed by atoms with Gasteiger partial charge in [-0.05, 0) is 47.5 Å². The highest BCUT2D eigenvalue weighted by Gasteiger charge is 2.35. The lowest BCUT2D eigenvalue weighted by atomic mass is 10.1. The zero-order valence-corrected chi connectivity index (χ0v) is 19.7. The van der Waals surface area contributed by atoms with Crippen LogP contribution in [0.3, 0.4) is 0 Å². The minimum absolute atomic E-state index is 0.0839. The van der Waals surface area contributed by atoms with Crippen LogP contribution in [0.1, 0.15) is 24.8 Å². The van der Waals surface area contributed by atoms with Gasteiger partial charge in [-0.25, -0.2) is 26.7 Å². The van der Waals surface area contributed by atoms with Gasteiger partial charge in [0.1, 0.15) is 18.0 Å². The zero-order valence-electron chi connectivity index (χ0n) is 18.9. The smallest absolute Gasteiger partial charge is 0.425 e. The second-order valence-electron chi connectivity index (χ2n) is 8.07.